The fraction of sp³-hybridized carbons (Fsp3) is 0.182. The Bertz CT molecular complexity index is 959. The van der Waals surface area contributed by atoms with Crippen LogP contribution in [0.4, 0.5) is 0 Å². The van der Waals surface area contributed by atoms with E-state index in [4.69, 9.17) is 0 Å². The van der Waals surface area contributed by atoms with Crippen LogP contribution in [0.15, 0.2) is 72.8 Å². The third-order valence-electron chi connectivity index (χ3n) is 5.42. The number of allylic oxidation sites excluding steroid dienone is 4. The fourth-order valence-electron chi connectivity index (χ4n) is 4.43. The van der Waals surface area contributed by atoms with E-state index in [0.717, 1.165) is 6.42 Å². The molecule has 112 valence electrons. The minimum Gasteiger partial charge on any atom is -0.343 e. The molecule has 23 heavy (non-hydrogen) atoms. The Morgan fingerprint density at radius 2 is 1.65 bits per heavy atom. The molecule has 0 fully saturated rings. The summed E-state index contributed by atoms with van der Waals surface area (Å²) in [6.45, 7) is 0. The van der Waals surface area contributed by atoms with Crippen LogP contribution >= 0.6 is 0 Å². The average Bonchev–Trinajstić information content (AvgIpc) is 3.27. The van der Waals surface area contributed by atoms with Crippen LogP contribution in [0.25, 0.3) is 22.2 Å². The lowest BCUT2D eigenvalue weighted by atomic mass is 9.87. The van der Waals surface area contributed by atoms with E-state index in [0.29, 0.717) is 11.8 Å². The number of para-hydroxylation sites is 1. The molecule has 2 aromatic carbocycles. The van der Waals surface area contributed by atoms with Gasteiger partial charge in [0.25, 0.3) is 0 Å². The summed E-state index contributed by atoms with van der Waals surface area (Å²) in [6.07, 6.45) is 10.2. The minimum atomic E-state index is 0.490. The molecular formula is C22H19N. The molecule has 1 aromatic heterocycles. The molecule has 0 spiro atoms. The summed E-state index contributed by atoms with van der Waals surface area (Å²) in [5.74, 6) is 1.04. The third-order valence-corrected chi connectivity index (χ3v) is 5.42. The quantitative estimate of drug-likeness (QED) is 0.595. The van der Waals surface area contributed by atoms with Crippen LogP contribution in [-0.4, -0.2) is 4.57 Å². The van der Waals surface area contributed by atoms with Gasteiger partial charge in [-0.15, -0.1) is 0 Å². The van der Waals surface area contributed by atoms with Crippen molar-refractivity contribution >= 4 is 10.9 Å². The van der Waals surface area contributed by atoms with Crippen molar-refractivity contribution in [2.24, 2.45) is 13.0 Å². The van der Waals surface area contributed by atoms with Gasteiger partial charge in [-0.1, -0.05) is 66.8 Å². The van der Waals surface area contributed by atoms with Crippen LogP contribution in [-0.2, 0) is 7.05 Å². The Morgan fingerprint density at radius 3 is 2.52 bits per heavy atom. The maximum Gasteiger partial charge on any atom is 0.0530 e. The Balaban J connectivity index is 1.78. The predicted molar refractivity (Wildman–Crippen MR) is 96.6 cm³/mol. The fourth-order valence-corrected chi connectivity index (χ4v) is 4.43. The summed E-state index contributed by atoms with van der Waals surface area (Å²) in [6, 6.07) is 17.8. The van der Waals surface area contributed by atoms with Crippen molar-refractivity contribution in [3.8, 4) is 11.3 Å². The minimum absolute atomic E-state index is 0.490. The Kier molecular flexibility index (Phi) is 2.66. The Morgan fingerprint density at radius 1 is 0.913 bits per heavy atom. The lowest BCUT2D eigenvalue weighted by Gasteiger charge is -2.16. The highest BCUT2D eigenvalue weighted by molar-refractivity contribution is 5.96. The van der Waals surface area contributed by atoms with Crippen molar-refractivity contribution in [3.05, 3.63) is 84.0 Å². The van der Waals surface area contributed by atoms with Crippen molar-refractivity contribution in [2.45, 2.75) is 12.3 Å². The van der Waals surface area contributed by atoms with Gasteiger partial charge < -0.3 is 4.57 Å². The van der Waals surface area contributed by atoms with Crippen molar-refractivity contribution in [1.82, 2.24) is 4.57 Å². The molecule has 0 radical (unpaired) electrons. The SMILES string of the molecule is Cn1c2c(c3ccccc31)C(CC1C=CC=C1)c1ccccc1-2. The molecule has 1 unspecified atom stereocenters. The van der Waals surface area contributed by atoms with Gasteiger partial charge in [0.1, 0.15) is 0 Å². The number of aryl methyl sites for hydroxylation is 1. The van der Waals surface area contributed by atoms with Gasteiger partial charge in [-0.25, -0.2) is 0 Å². The standard InChI is InChI=1S/C22H19N/c1-23-20-13-7-6-12-18(20)21-19(14-15-8-2-3-9-15)16-10-4-5-11-17(16)22(21)23/h2-13,15,19H,14H2,1H3. The van der Waals surface area contributed by atoms with Gasteiger partial charge in [-0.05, 0) is 29.5 Å². The van der Waals surface area contributed by atoms with E-state index >= 15 is 0 Å². The zero-order chi connectivity index (χ0) is 15.4. The van der Waals surface area contributed by atoms with Crippen LogP contribution < -0.4 is 0 Å². The summed E-state index contributed by atoms with van der Waals surface area (Å²) >= 11 is 0. The van der Waals surface area contributed by atoms with Crippen molar-refractivity contribution < 1.29 is 0 Å². The van der Waals surface area contributed by atoms with Crippen LogP contribution in [0, 0.1) is 5.92 Å². The van der Waals surface area contributed by atoms with Crippen LogP contribution in [0.3, 0.4) is 0 Å². The Hall–Kier alpha value is -2.54. The van der Waals surface area contributed by atoms with Crippen molar-refractivity contribution in [2.75, 3.05) is 0 Å². The molecule has 0 N–H and O–H groups in total. The molecule has 0 aliphatic heterocycles. The normalized spacial score (nSPS) is 18.7. The summed E-state index contributed by atoms with van der Waals surface area (Å²) in [5.41, 5.74) is 7.19. The number of benzene rings is 2. The third kappa shape index (κ3) is 1.74. The van der Waals surface area contributed by atoms with Gasteiger partial charge in [-0.2, -0.15) is 0 Å². The van der Waals surface area contributed by atoms with Gasteiger partial charge >= 0.3 is 0 Å². The first-order chi connectivity index (χ1) is 11.3. The number of hydrogen-bond donors (Lipinski definition) is 0. The number of rotatable bonds is 2. The first-order valence-corrected chi connectivity index (χ1v) is 8.36. The molecule has 1 atom stereocenters. The lowest BCUT2D eigenvalue weighted by Crippen LogP contribution is -2.02. The average molecular weight is 297 g/mol. The largest absolute Gasteiger partial charge is 0.343 e. The van der Waals surface area contributed by atoms with Gasteiger partial charge in [-0.3, -0.25) is 0 Å². The van der Waals surface area contributed by atoms with Crippen LogP contribution in [0.1, 0.15) is 23.5 Å². The van der Waals surface area contributed by atoms with Gasteiger partial charge in [0.15, 0.2) is 0 Å². The van der Waals surface area contributed by atoms with E-state index in [2.05, 4.69) is 84.4 Å². The first kappa shape index (κ1) is 13.0. The zero-order valence-electron chi connectivity index (χ0n) is 13.2. The van der Waals surface area contributed by atoms with Gasteiger partial charge in [0.2, 0.25) is 0 Å². The van der Waals surface area contributed by atoms with Gasteiger partial charge in [0.05, 0.1) is 5.69 Å². The highest BCUT2D eigenvalue weighted by Crippen LogP contribution is 2.51. The molecule has 0 bridgehead atoms. The first-order valence-electron chi connectivity index (χ1n) is 8.36. The molecular weight excluding hydrogens is 278 g/mol. The predicted octanol–water partition coefficient (Wildman–Crippen LogP) is 5.42. The van der Waals surface area contributed by atoms with Crippen molar-refractivity contribution in [1.29, 1.82) is 0 Å². The van der Waals surface area contributed by atoms with Gasteiger partial charge in [0, 0.05) is 29.4 Å². The van der Waals surface area contributed by atoms with Crippen LogP contribution in [0.2, 0.25) is 0 Å². The summed E-state index contributed by atoms with van der Waals surface area (Å²) < 4.78 is 2.38. The number of aromatic nitrogens is 1. The topological polar surface area (TPSA) is 4.93 Å². The maximum absolute atomic E-state index is 2.38. The molecule has 0 saturated heterocycles. The zero-order valence-corrected chi connectivity index (χ0v) is 13.2. The lowest BCUT2D eigenvalue weighted by molar-refractivity contribution is 0.652. The van der Waals surface area contributed by atoms with E-state index < -0.39 is 0 Å². The molecule has 0 amide bonds. The number of nitrogens with zero attached hydrogens (tertiary/aromatic N) is 1. The monoisotopic (exact) mass is 297 g/mol. The molecule has 5 rings (SSSR count). The summed E-state index contributed by atoms with van der Waals surface area (Å²) in [4.78, 5) is 0. The molecule has 2 aliphatic rings. The second kappa shape index (κ2) is 4.73. The molecule has 2 aliphatic carbocycles. The highest BCUT2D eigenvalue weighted by atomic mass is 15.0. The summed E-state index contributed by atoms with van der Waals surface area (Å²) in [5, 5.41) is 1.41. The van der Waals surface area contributed by atoms with E-state index in [-0.39, 0.29) is 0 Å². The molecule has 3 aromatic rings. The molecule has 1 heterocycles. The van der Waals surface area contributed by atoms with Crippen LogP contribution in [0.5, 0.6) is 0 Å². The van der Waals surface area contributed by atoms with E-state index in [1.165, 1.54) is 33.3 Å². The van der Waals surface area contributed by atoms with E-state index in [9.17, 15) is 0 Å². The smallest absolute Gasteiger partial charge is 0.0530 e. The molecule has 1 heteroatoms. The molecule has 1 nitrogen and oxygen atoms in total. The highest BCUT2D eigenvalue weighted by Gasteiger charge is 2.34. The van der Waals surface area contributed by atoms with Crippen molar-refractivity contribution in [3.63, 3.8) is 0 Å². The second-order valence-electron chi connectivity index (χ2n) is 6.65. The molecule has 0 saturated carbocycles. The van der Waals surface area contributed by atoms with E-state index in [1.54, 1.807) is 0 Å². The Labute approximate surface area is 136 Å². The maximum atomic E-state index is 2.38. The number of fused-ring (bicyclic) bond motifs is 5. The number of hydrogen-bond acceptors (Lipinski definition) is 0. The summed E-state index contributed by atoms with van der Waals surface area (Å²) in [7, 11) is 2.20. The second-order valence-corrected chi connectivity index (χ2v) is 6.65. The van der Waals surface area contributed by atoms with E-state index in [1.807, 2.05) is 0 Å².